The number of benzene rings is 2. The predicted octanol–water partition coefficient (Wildman–Crippen LogP) is 5.76. The van der Waals surface area contributed by atoms with Crippen molar-refractivity contribution < 1.29 is 15.3 Å². The molecule has 4 aliphatic rings. The van der Waals surface area contributed by atoms with Crippen molar-refractivity contribution in [3.63, 3.8) is 0 Å². The summed E-state index contributed by atoms with van der Waals surface area (Å²) in [5.74, 6) is -2.09. The predicted molar refractivity (Wildman–Crippen MR) is 177 cm³/mol. The van der Waals surface area contributed by atoms with Gasteiger partial charge in [-0.2, -0.15) is 0 Å². The summed E-state index contributed by atoms with van der Waals surface area (Å²) < 4.78 is 0. The van der Waals surface area contributed by atoms with Gasteiger partial charge in [-0.3, -0.25) is 0 Å². The monoisotopic (exact) mass is 558 g/mol. The van der Waals surface area contributed by atoms with E-state index in [1.807, 2.05) is 49.4 Å². The maximum absolute atomic E-state index is 11.1. The van der Waals surface area contributed by atoms with Crippen LogP contribution in [0.1, 0.15) is 24.0 Å². The molecule has 3 nitrogen and oxygen atoms in total. The van der Waals surface area contributed by atoms with Gasteiger partial charge in [0, 0.05) is 17.8 Å². The van der Waals surface area contributed by atoms with Crippen LogP contribution in [0.4, 0.5) is 0 Å². The molecule has 5 atom stereocenters. The summed E-state index contributed by atoms with van der Waals surface area (Å²) in [5, 5.41) is 34.4. The Kier molecular flexibility index (Phi) is 7.77. The van der Waals surface area contributed by atoms with E-state index in [1.54, 1.807) is 0 Å². The Balaban J connectivity index is 1.56. The lowest BCUT2D eigenvalue weighted by Crippen LogP contribution is -2.42. The Labute approximate surface area is 255 Å². The Morgan fingerprint density at radius 2 is 1.42 bits per heavy atom. The van der Waals surface area contributed by atoms with E-state index >= 15 is 0 Å². The van der Waals surface area contributed by atoms with Crippen LogP contribution >= 0.6 is 0 Å². The zero-order valence-corrected chi connectivity index (χ0v) is 24.1. The van der Waals surface area contributed by atoms with E-state index in [1.165, 1.54) is 5.56 Å². The number of hydrogen-bond acceptors (Lipinski definition) is 3. The van der Waals surface area contributed by atoms with Gasteiger partial charge in [-0.15, -0.1) is 0 Å². The van der Waals surface area contributed by atoms with E-state index in [0.717, 1.165) is 38.3 Å². The summed E-state index contributed by atoms with van der Waals surface area (Å²) in [4.78, 5) is 0. The molecule has 0 aromatic heterocycles. The van der Waals surface area contributed by atoms with E-state index in [2.05, 4.69) is 79.4 Å². The minimum absolute atomic E-state index is 0.0670. The van der Waals surface area contributed by atoms with Crippen molar-refractivity contribution in [2.75, 3.05) is 0 Å². The first kappa shape index (κ1) is 28.6. The molecule has 4 radical (unpaired) electrons. The largest absolute Gasteiger partial charge is 0.505 e. The van der Waals surface area contributed by atoms with Crippen LogP contribution in [-0.2, 0) is 0 Å². The minimum Gasteiger partial charge on any atom is -0.505 e. The summed E-state index contributed by atoms with van der Waals surface area (Å²) in [6.45, 7) is 6.13. The normalized spacial score (nSPS) is 26.7. The number of fused-ring (bicyclic) bond motifs is 2. The van der Waals surface area contributed by atoms with Gasteiger partial charge in [0.25, 0.3) is 0 Å². The van der Waals surface area contributed by atoms with E-state index in [0.29, 0.717) is 5.57 Å². The average Bonchev–Trinajstić information content (AvgIpc) is 3.24. The zero-order valence-electron chi connectivity index (χ0n) is 24.1. The Morgan fingerprint density at radius 1 is 0.791 bits per heavy atom. The van der Waals surface area contributed by atoms with Crippen LogP contribution in [0.5, 0.6) is 0 Å². The summed E-state index contributed by atoms with van der Waals surface area (Å²) in [5.41, 5.74) is 6.58. The second kappa shape index (κ2) is 11.7. The summed E-state index contributed by atoms with van der Waals surface area (Å²) >= 11 is 0. The fraction of sp³-hybridized carbons (Fsp3) is 0.158. The molecule has 43 heavy (non-hydrogen) atoms. The molecular formula is C38H32B2O3. The van der Waals surface area contributed by atoms with Crippen molar-refractivity contribution in [1.82, 2.24) is 0 Å². The molecule has 0 saturated heterocycles. The Morgan fingerprint density at radius 3 is 2.07 bits per heavy atom. The molecule has 208 valence electrons. The lowest BCUT2D eigenvalue weighted by atomic mass is 9.60. The lowest BCUT2D eigenvalue weighted by molar-refractivity contribution is 0.199. The SMILES string of the molecule is [B]C1=C(O)C(O)=C(C2=c3ccccc3=C(c3ccc(C4C=CC=CC(/C=C\C)=C4C=C)cc3)C3C=CC=CC23)C([B])C1O. The third-order valence-electron chi connectivity index (χ3n) is 8.85. The fourth-order valence-corrected chi connectivity index (χ4v) is 6.81. The average molecular weight is 558 g/mol. The van der Waals surface area contributed by atoms with Gasteiger partial charge in [0.2, 0.25) is 0 Å². The first-order chi connectivity index (χ1) is 20.9. The van der Waals surface area contributed by atoms with Crippen LogP contribution < -0.4 is 10.4 Å². The van der Waals surface area contributed by atoms with Crippen molar-refractivity contribution in [2.24, 2.45) is 11.8 Å². The molecular weight excluding hydrogens is 526 g/mol. The quantitative estimate of drug-likeness (QED) is 0.410. The van der Waals surface area contributed by atoms with Crippen molar-refractivity contribution in [2.45, 2.75) is 24.8 Å². The molecule has 0 aliphatic heterocycles. The minimum atomic E-state index is -1.32. The fourth-order valence-electron chi connectivity index (χ4n) is 6.81. The molecule has 2 aromatic rings. The molecule has 2 aromatic carbocycles. The molecule has 0 heterocycles. The highest BCUT2D eigenvalue weighted by molar-refractivity contribution is 6.25. The number of allylic oxidation sites excluding steroid dienone is 13. The standard InChI is InChI=1S/C38H32B2O3/c1-3-11-22-12-5-6-13-26(25(22)4-2)23-18-20-24(21-19-23)31-27-14-7-9-16-29(27)32(30-17-10-8-15-28(30)31)33-34(39)37(42)35(40)38(43)36(33)41/h3-21,26-27,29,34,37,41-43H,2H2,1H3/b11-3-. The highest BCUT2D eigenvalue weighted by Gasteiger charge is 2.39. The van der Waals surface area contributed by atoms with Gasteiger partial charge in [-0.05, 0) is 67.6 Å². The van der Waals surface area contributed by atoms with Crippen LogP contribution in [-0.4, -0.2) is 37.1 Å². The number of aliphatic hydroxyl groups is 3. The first-order valence-corrected chi connectivity index (χ1v) is 14.6. The molecule has 0 fully saturated rings. The maximum atomic E-state index is 11.1. The van der Waals surface area contributed by atoms with Gasteiger partial charge in [0.15, 0.2) is 5.76 Å². The van der Waals surface area contributed by atoms with Gasteiger partial charge in [-0.25, -0.2) is 0 Å². The van der Waals surface area contributed by atoms with Gasteiger partial charge in [0.05, 0.1) is 14.0 Å². The van der Waals surface area contributed by atoms with Crippen LogP contribution in [0.25, 0.3) is 11.1 Å². The third kappa shape index (κ3) is 4.78. The summed E-state index contributed by atoms with van der Waals surface area (Å²) in [6.07, 6.45) is 21.5. The molecule has 6 rings (SSSR count). The van der Waals surface area contributed by atoms with Gasteiger partial charge >= 0.3 is 0 Å². The Bertz CT molecular complexity index is 1860. The van der Waals surface area contributed by atoms with E-state index in [9.17, 15) is 15.3 Å². The van der Waals surface area contributed by atoms with Crippen LogP contribution in [0.15, 0.2) is 156 Å². The van der Waals surface area contributed by atoms with E-state index in [4.69, 9.17) is 15.7 Å². The first-order valence-electron chi connectivity index (χ1n) is 14.6. The molecule has 0 bridgehead atoms. The molecule has 5 heteroatoms. The number of hydrogen-bond donors (Lipinski definition) is 3. The molecule has 0 saturated carbocycles. The van der Waals surface area contributed by atoms with Crippen LogP contribution in [0.2, 0.25) is 5.82 Å². The van der Waals surface area contributed by atoms with Crippen LogP contribution in [0.3, 0.4) is 0 Å². The molecule has 0 spiro atoms. The molecule has 0 amide bonds. The highest BCUT2D eigenvalue weighted by atomic mass is 16.3. The molecule has 3 N–H and O–H groups in total. The second-order valence-corrected chi connectivity index (χ2v) is 11.2. The summed E-state index contributed by atoms with van der Waals surface area (Å²) in [6, 6.07) is 16.8. The number of aliphatic hydroxyl groups excluding tert-OH is 3. The highest BCUT2D eigenvalue weighted by Crippen LogP contribution is 2.47. The topological polar surface area (TPSA) is 60.7 Å². The molecule has 5 unspecified atom stereocenters. The Hall–Kier alpha value is -4.47. The second-order valence-electron chi connectivity index (χ2n) is 11.2. The molecule has 4 aliphatic carbocycles. The van der Waals surface area contributed by atoms with Crippen molar-refractivity contribution in [3.05, 3.63) is 177 Å². The van der Waals surface area contributed by atoms with E-state index < -0.39 is 17.7 Å². The van der Waals surface area contributed by atoms with Crippen LogP contribution in [0, 0.1) is 11.8 Å². The van der Waals surface area contributed by atoms with E-state index in [-0.39, 0.29) is 29.0 Å². The zero-order chi connectivity index (χ0) is 30.2. The van der Waals surface area contributed by atoms with Crippen molar-refractivity contribution in [3.8, 4) is 0 Å². The smallest absolute Gasteiger partial charge is 0.159 e. The van der Waals surface area contributed by atoms with Gasteiger partial charge < -0.3 is 15.3 Å². The van der Waals surface area contributed by atoms with Crippen molar-refractivity contribution in [1.29, 1.82) is 0 Å². The van der Waals surface area contributed by atoms with Crippen molar-refractivity contribution >= 4 is 26.8 Å². The third-order valence-corrected chi connectivity index (χ3v) is 8.85. The number of rotatable bonds is 5. The maximum Gasteiger partial charge on any atom is 0.159 e. The van der Waals surface area contributed by atoms with Gasteiger partial charge in [0.1, 0.15) is 13.6 Å². The van der Waals surface area contributed by atoms with Gasteiger partial charge in [-0.1, -0.05) is 122 Å². The lowest BCUT2D eigenvalue weighted by Gasteiger charge is -2.38. The summed E-state index contributed by atoms with van der Waals surface area (Å²) in [7, 11) is 12.4.